The summed E-state index contributed by atoms with van der Waals surface area (Å²) in [5, 5.41) is 6.93. The van der Waals surface area contributed by atoms with Gasteiger partial charge in [0.15, 0.2) is 0 Å². The van der Waals surface area contributed by atoms with Crippen LogP contribution < -0.4 is 10.6 Å². The molecule has 0 aliphatic heterocycles. The second-order valence-corrected chi connectivity index (χ2v) is 8.57. The molecule has 2 aliphatic rings. The Hall–Kier alpha value is -0.770. The van der Waals surface area contributed by atoms with Gasteiger partial charge in [0.05, 0.1) is 0 Å². The van der Waals surface area contributed by atoms with E-state index >= 15 is 0 Å². The van der Waals surface area contributed by atoms with Crippen molar-refractivity contribution in [3.63, 3.8) is 0 Å². The number of nitrogens with one attached hydrogen (secondary N) is 2. The lowest BCUT2D eigenvalue weighted by Crippen LogP contribution is -2.46. The topological polar surface area (TPSA) is 50.4 Å². The van der Waals surface area contributed by atoms with E-state index in [2.05, 4.69) is 24.5 Å². The van der Waals surface area contributed by atoms with Gasteiger partial charge in [0.25, 0.3) is 0 Å². The van der Waals surface area contributed by atoms with E-state index in [1.165, 1.54) is 19.3 Å². The lowest BCUT2D eigenvalue weighted by Gasteiger charge is -2.33. The van der Waals surface area contributed by atoms with Crippen LogP contribution in [0.2, 0.25) is 0 Å². The van der Waals surface area contributed by atoms with Crippen LogP contribution in [0.4, 0.5) is 4.79 Å². The zero-order valence-electron chi connectivity index (χ0n) is 15.7. The number of alkyl carbamates (subject to hydrolysis) is 1. The molecule has 2 fully saturated rings. The maximum atomic E-state index is 11.9. The van der Waals surface area contributed by atoms with Crippen LogP contribution in [0.3, 0.4) is 0 Å². The standard InChI is InChI=1S/C19H36N2O2/c1-6-14-7-12-17(13(14)2)20-15-8-10-16(11-9-15)21-18(22)23-19(3,4)5/h13-17,20H,6-12H2,1-5H3,(H,21,22). The lowest BCUT2D eigenvalue weighted by molar-refractivity contribution is 0.0489. The van der Waals surface area contributed by atoms with Gasteiger partial charge in [-0.3, -0.25) is 0 Å². The van der Waals surface area contributed by atoms with Crippen molar-refractivity contribution in [3.8, 4) is 0 Å². The van der Waals surface area contributed by atoms with Gasteiger partial charge in [0, 0.05) is 18.1 Å². The van der Waals surface area contributed by atoms with Crippen LogP contribution in [0.5, 0.6) is 0 Å². The van der Waals surface area contributed by atoms with Crippen molar-refractivity contribution in [1.82, 2.24) is 10.6 Å². The molecular formula is C19H36N2O2. The Kier molecular flexibility index (Phi) is 6.35. The first-order valence-electron chi connectivity index (χ1n) is 9.54. The average Bonchev–Trinajstić information content (AvgIpc) is 2.79. The summed E-state index contributed by atoms with van der Waals surface area (Å²) in [5.74, 6) is 1.70. The first-order valence-corrected chi connectivity index (χ1v) is 9.54. The molecule has 0 aromatic rings. The van der Waals surface area contributed by atoms with Crippen LogP contribution >= 0.6 is 0 Å². The maximum absolute atomic E-state index is 11.9. The van der Waals surface area contributed by atoms with Crippen LogP contribution in [0.1, 0.15) is 79.6 Å². The number of ether oxygens (including phenoxy) is 1. The van der Waals surface area contributed by atoms with Gasteiger partial charge in [0.1, 0.15) is 5.60 Å². The second kappa shape index (κ2) is 7.87. The third-order valence-corrected chi connectivity index (χ3v) is 5.65. The summed E-state index contributed by atoms with van der Waals surface area (Å²) in [5.41, 5.74) is -0.419. The molecule has 0 saturated heterocycles. The fourth-order valence-corrected chi connectivity index (χ4v) is 4.24. The molecule has 2 aliphatic carbocycles. The number of hydrogen-bond donors (Lipinski definition) is 2. The average molecular weight is 325 g/mol. The fraction of sp³-hybridized carbons (Fsp3) is 0.947. The molecule has 134 valence electrons. The van der Waals surface area contributed by atoms with Crippen LogP contribution in [0.25, 0.3) is 0 Å². The smallest absolute Gasteiger partial charge is 0.407 e. The van der Waals surface area contributed by atoms with E-state index in [1.807, 2.05) is 20.8 Å². The quantitative estimate of drug-likeness (QED) is 0.813. The number of carbonyl (C=O) groups is 1. The van der Waals surface area contributed by atoms with Crippen LogP contribution in [-0.4, -0.2) is 29.8 Å². The molecule has 0 radical (unpaired) electrons. The third kappa shape index (κ3) is 5.66. The normalized spacial score (nSPS) is 35.1. The van der Waals surface area contributed by atoms with Gasteiger partial charge in [-0.2, -0.15) is 0 Å². The van der Waals surface area contributed by atoms with Crippen LogP contribution in [0.15, 0.2) is 0 Å². The molecule has 2 rings (SSSR count). The Morgan fingerprint density at radius 3 is 2.17 bits per heavy atom. The molecule has 3 unspecified atom stereocenters. The number of amides is 1. The van der Waals surface area contributed by atoms with E-state index < -0.39 is 5.60 Å². The molecule has 0 spiro atoms. The molecule has 0 aromatic heterocycles. The minimum absolute atomic E-state index is 0.271. The van der Waals surface area contributed by atoms with Gasteiger partial charge in [-0.15, -0.1) is 0 Å². The Labute approximate surface area is 142 Å². The zero-order valence-corrected chi connectivity index (χ0v) is 15.7. The first kappa shape index (κ1) is 18.6. The highest BCUT2D eigenvalue weighted by Crippen LogP contribution is 2.35. The summed E-state index contributed by atoms with van der Waals surface area (Å²) >= 11 is 0. The van der Waals surface area contributed by atoms with E-state index in [-0.39, 0.29) is 12.1 Å². The maximum Gasteiger partial charge on any atom is 0.407 e. The summed E-state index contributed by atoms with van der Waals surface area (Å²) in [4.78, 5) is 11.9. The fourth-order valence-electron chi connectivity index (χ4n) is 4.24. The van der Waals surface area contributed by atoms with Gasteiger partial charge < -0.3 is 15.4 Å². The molecule has 4 heteroatoms. The summed E-state index contributed by atoms with van der Waals surface area (Å²) in [7, 11) is 0. The van der Waals surface area contributed by atoms with Gasteiger partial charge in [-0.05, 0) is 71.1 Å². The van der Waals surface area contributed by atoms with E-state index in [1.54, 1.807) is 0 Å². The molecule has 0 aromatic carbocycles. The van der Waals surface area contributed by atoms with Crippen molar-refractivity contribution in [2.45, 2.75) is 103 Å². The van der Waals surface area contributed by atoms with Crippen molar-refractivity contribution in [2.75, 3.05) is 0 Å². The van der Waals surface area contributed by atoms with Gasteiger partial charge >= 0.3 is 6.09 Å². The Morgan fingerprint density at radius 1 is 1.04 bits per heavy atom. The van der Waals surface area contributed by atoms with Gasteiger partial charge in [-0.1, -0.05) is 20.3 Å². The highest BCUT2D eigenvalue weighted by molar-refractivity contribution is 5.68. The SMILES string of the molecule is CCC1CCC(NC2CCC(NC(=O)OC(C)(C)C)CC2)C1C. The predicted octanol–water partition coefficient (Wildman–Crippen LogP) is 4.24. The molecular weight excluding hydrogens is 288 g/mol. The van der Waals surface area contributed by atoms with Crippen molar-refractivity contribution in [2.24, 2.45) is 11.8 Å². The summed E-state index contributed by atoms with van der Waals surface area (Å²) in [6.07, 6.45) is 8.15. The minimum atomic E-state index is -0.419. The third-order valence-electron chi connectivity index (χ3n) is 5.65. The van der Waals surface area contributed by atoms with E-state index in [4.69, 9.17) is 4.74 Å². The van der Waals surface area contributed by atoms with E-state index in [0.717, 1.165) is 37.5 Å². The van der Waals surface area contributed by atoms with Crippen molar-refractivity contribution in [1.29, 1.82) is 0 Å². The molecule has 2 N–H and O–H groups in total. The van der Waals surface area contributed by atoms with Crippen LogP contribution in [-0.2, 0) is 4.74 Å². The molecule has 1 amide bonds. The Morgan fingerprint density at radius 2 is 1.65 bits per heavy atom. The Bertz CT molecular complexity index is 383. The highest BCUT2D eigenvalue weighted by Gasteiger charge is 2.33. The molecule has 3 atom stereocenters. The zero-order chi connectivity index (χ0) is 17.0. The molecule has 0 bridgehead atoms. The Balaban J connectivity index is 1.69. The molecule has 0 heterocycles. The summed E-state index contributed by atoms with van der Waals surface area (Å²) < 4.78 is 5.35. The summed E-state index contributed by atoms with van der Waals surface area (Å²) in [6.45, 7) is 10.4. The van der Waals surface area contributed by atoms with E-state index in [0.29, 0.717) is 12.1 Å². The van der Waals surface area contributed by atoms with Gasteiger partial charge in [-0.25, -0.2) is 4.79 Å². The second-order valence-electron chi connectivity index (χ2n) is 8.57. The summed E-state index contributed by atoms with van der Waals surface area (Å²) in [6, 6.07) is 1.59. The van der Waals surface area contributed by atoms with Crippen molar-refractivity contribution in [3.05, 3.63) is 0 Å². The van der Waals surface area contributed by atoms with Crippen molar-refractivity contribution < 1.29 is 9.53 Å². The number of carbonyl (C=O) groups excluding carboxylic acids is 1. The first-order chi connectivity index (χ1) is 10.8. The van der Waals surface area contributed by atoms with Crippen molar-refractivity contribution >= 4 is 6.09 Å². The van der Waals surface area contributed by atoms with E-state index in [9.17, 15) is 4.79 Å². The van der Waals surface area contributed by atoms with Gasteiger partial charge in [0.2, 0.25) is 0 Å². The molecule has 23 heavy (non-hydrogen) atoms. The highest BCUT2D eigenvalue weighted by atomic mass is 16.6. The van der Waals surface area contributed by atoms with Crippen LogP contribution in [0, 0.1) is 11.8 Å². The number of hydrogen-bond acceptors (Lipinski definition) is 3. The molecule has 4 nitrogen and oxygen atoms in total. The lowest BCUT2D eigenvalue weighted by atomic mass is 9.89. The molecule has 2 saturated carbocycles. The monoisotopic (exact) mass is 324 g/mol. The number of rotatable bonds is 4. The largest absolute Gasteiger partial charge is 0.444 e. The predicted molar refractivity (Wildman–Crippen MR) is 94.5 cm³/mol. The minimum Gasteiger partial charge on any atom is -0.444 e.